The van der Waals surface area contributed by atoms with Crippen LogP contribution >= 0.6 is 31.9 Å². The third-order valence-corrected chi connectivity index (χ3v) is 5.27. The van der Waals surface area contributed by atoms with Gasteiger partial charge >= 0.3 is 0 Å². The summed E-state index contributed by atoms with van der Waals surface area (Å²) in [6, 6.07) is 15.8. The van der Waals surface area contributed by atoms with Crippen LogP contribution in [0.5, 0.6) is 0 Å². The number of hydrogen-bond donors (Lipinski definition) is 1. The smallest absolute Gasteiger partial charge is 0.0575 e. The minimum atomic E-state index is 0.217. The van der Waals surface area contributed by atoms with Gasteiger partial charge in [0.25, 0.3) is 0 Å². The topological polar surface area (TPSA) is 12.0 Å². The first-order valence-electron chi connectivity index (χ1n) is 7.40. The fourth-order valence-corrected chi connectivity index (χ4v) is 4.30. The largest absolute Gasteiger partial charge is 0.309 e. The van der Waals surface area contributed by atoms with Gasteiger partial charge in [-0.3, -0.25) is 0 Å². The fourth-order valence-electron chi connectivity index (χ4n) is 2.97. The van der Waals surface area contributed by atoms with Crippen LogP contribution in [0, 0.1) is 0 Å². The molecule has 1 atom stereocenters. The van der Waals surface area contributed by atoms with E-state index in [1.165, 1.54) is 36.0 Å². The Labute approximate surface area is 143 Å². The molecule has 0 bridgehead atoms. The summed E-state index contributed by atoms with van der Waals surface area (Å²) in [4.78, 5) is 0. The molecule has 1 nitrogen and oxygen atoms in total. The minimum absolute atomic E-state index is 0.217. The summed E-state index contributed by atoms with van der Waals surface area (Å²) >= 11 is 7.15. The predicted octanol–water partition coefficient (Wildman–Crippen LogP) is 5.79. The second-order valence-corrected chi connectivity index (χ2v) is 7.55. The summed E-state index contributed by atoms with van der Waals surface area (Å²) in [5.41, 5.74) is 4.07. The van der Waals surface area contributed by atoms with Crippen LogP contribution in [0.25, 0.3) is 0 Å². The number of benzene rings is 2. The van der Waals surface area contributed by atoms with E-state index >= 15 is 0 Å². The molecule has 0 aliphatic heterocycles. The van der Waals surface area contributed by atoms with Crippen LogP contribution in [0.15, 0.2) is 51.4 Å². The Bertz CT molecular complexity index is 597. The number of rotatable bonds is 4. The van der Waals surface area contributed by atoms with Crippen LogP contribution in [0.4, 0.5) is 0 Å². The van der Waals surface area contributed by atoms with Crippen LogP contribution in [0.2, 0.25) is 0 Å². The average molecular weight is 409 g/mol. The molecule has 0 heterocycles. The first-order chi connectivity index (χ1) is 10.2. The number of nitrogens with one attached hydrogen (secondary N) is 1. The van der Waals surface area contributed by atoms with E-state index in [9.17, 15) is 0 Å². The lowest BCUT2D eigenvalue weighted by Gasteiger charge is -2.26. The molecule has 0 saturated heterocycles. The molecule has 110 valence electrons. The third kappa shape index (κ3) is 3.41. The Balaban J connectivity index is 1.88. The normalized spacial score (nSPS) is 16.5. The molecule has 0 aromatic heterocycles. The molecule has 1 aliphatic carbocycles. The van der Waals surface area contributed by atoms with E-state index in [-0.39, 0.29) is 6.04 Å². The first-order valence-corrected chi connectivity index (χ1v) is 8.99. The van der Waals surface area contributed by atoms with Gasteiger partial charge in [0.2, 0.25) is 0 Å². The van der Waals surface area contributed by atoms with Crippen LogP contribution < -0.4 is 5.32 Å². The first kappa shape index (κ1) is 15.3. The van der Waals surface area contributed by atoms with E-state index in [1.54, 1.807) is 0 Å². The summed E-state index contributed by atoms with van der Waals surface area (Å²) in [5, 5.41) is 3.42. The summed E-state index contributed by atoms with van der Waals surface area (Å²) in [6.07, 6.45) is 4.10. The van der Waals surface area contributed by atoms with Gasteiger partial charge in [0.15, 0.2) is 0 Å². The summed E-state index contributed by atoms with van der Waals surface area (Å²) in [6.45, 7) is 0. The van der Waals surface area contributed by atoms with Gasteiger partial charge in [-0.2, -0.15) is 0 Å². The Morgan fingerprint density at radius 2 is 1.57 bits per heavy atom. The van der Waals surface area contributed by atoms with E-state index < -0.39 is 0 Å². The van der Waals surface area contributed by atoms with Crippen molar-refractivity contribution in [2.75, 3.05) is 7.05 Å². The molecule has 2 aromatic carbocycles. The zero-order valence-corrected chi connectivity index (χ0v) is 15.2. The standard InChI is InChI=1S/C18H19Br2N/c1-21-18(15-9-16(19)11-17(20)10-15)14-7-5-13(6-8-14)12-3-2-4-12/h5-12,18,21H,2-4H2,1H3. The molecular weight excluding hydrogens is 390 g/mol. The van der Waals surface area contributed by atoms with Crippen LogP contribution in [0.1, 0.15) is 47.9 Å². The molecule has 0 spiro atoms. The predicted molar refractivity (Wildman–Crippen MR) is 95.8 cm³/mol. The maximum absolute atomic E-state index is 3.57. The molecular formula is C18H19Br2N. The third-order valence-electron chi connectivity index (χ3n) is 4.35. The zero-order valence-electron chi connectivity index (χ0n) is 12.1. The van der Waals surface area contributed by atoms with Crippen LogP contribution in [0.3, 0.4) is 0 Å². The highest BCUT2D eigenvalue weighted by molar-refractivity contribution is 9.11. The van der Waals surface area contributed by atoms with Gasteiger partial charge in [0.1, 0.15) is 0 Å². The molecule has 1 N–H and O–H groups in total. The SMILES string of the molecule is CNC(c1ccc(C2CCC2)cc1)c1cc(Br)cc(Br)c1. The quantitative estimate of drug-likeness (QED) is 0.675. The molecule has 0 amide bonds. The summed E-state index contributed by atoms with van der Waals surface area (Å²) < 4.78 is 2.19. The van der Waals surface area contributed by atoms with Gasteiger partial charge in [0.05, 0.1) is 6.04 Å². The maximum atomic E-state index is 3.57. The van der Waals surface area contributed by atoms with Gasteiger partial charge in [-0.25, -0.2) is 0 Å². The van der Waals surface area contributed by atoms with Crippen molar-refractivity contribution in [1.29, 1.82) is 0 Å². The van der Waals surface area contributed by atoms with Crippen molar-refractivity contribution in [3.8, 4) is 0 Å². The maximum Gasteiger partial charge on any atom is 0.0575 e. The summed E-state index contributed by atoms with van der Waals surface area (Å²) in [7, 11) is 2.01. The highest BCUT2D eigenvalue weighted by Gasteiger charge is 2.20. The molecule has 1 saturated carbocycles. The molecule has 1 fully saturated rings. The lowest BCUT2D eigenvalue weighted by molar-refractivity contribution is 0.419. The Hall–Kier alpha value is -0.640. The number of halogens is 2. The number of hydrogen-bond acceptors (Lipinski definition) is 1. The summed E-state index contributed by atoms with van der Waals surface area (Å²) in [5.74, 6) is 0.798. The van der Waals surface area contributed by atoms with Gasteiger partial charge in [0, 0.05) is 8.95 Å². The fraction of sp³-hybridized carbons (Fsp3) is 0.333. The Morgan fingerprint density at radius 3 is 2.05 bits per heavy atom. The van der Waals surface area contributed by atoms with Crippen molar-refractivity contribution in [3.05, 3.63) is 68.1 Å². The molecule has 0 radical (unpaired) electrons. The zero-order chi connectivity index (χ0) is 14.8. The minimum Gasteiger partial charge on any atom is -0.309 e. The van der Waals surface area contributed by atoms with Gasteiger partial charge in [-0.15, -0.1) is 0 Å². The molecule has 1 aliphatic rings. The van der Waals surface area contributed by atoms with Crippen LogP contribution in [-0.2, 0) is 0 Å². The van der Waals surface area contributed by atoms with Gasteiger partial charge < -0.3 is 5.32 Å². The van der Waals surface area contributed by atoms with Crippen molar-refractivity contribution < 1.29 is 0 Å². The monoisotopic (exact) mass is 407 g/mol. The van der Waals surface area contributed by atoms with Crippen molar-refractivity contribution >= 4 is 31.9 Å². The lowest BCUT2D eigenvalue weighted by Crippen LogP contribution is -2.18. The van der Waals surface area contributed by atoms with E-state index in [4.69, 9.17) is 0 Å². The molecule has 3 heteroatoms. The molecule has 21 heavy (non-hydrogen) atoms. The Morgan fingerprint density at radius 1 is 0.952 bits per heavy atom. The second kappa shape index (κ2) is 6.64. The van der Waals surface area contributed by atoms with E-state index in [0.717, 1.165) is 14.9 Å². The van der Waals surface area contributed by atoms with E-state index in [0.29, 0.717) is 0 Å². The highest BCUT2D eigenvalue weighted by Crippen LogP contribution is 2.37. The van der Waals surface area contributed by atoms with Crippen molar-refractivity contribution in [3.63, 3.8) is 0 Å². The van der Waals surface area contributed by atoms with Crippen molar-refractivity contribution in [2.45, 2.75) is 31.2 Å². The van der Waals surface area contributed by atoms with E-state index in [1.807, 2.05) is 7.05 Å². The lowest BCUT2D eigenvalue weighted by atomic mass is 9.79. The molecule has 2 aromatic rings. The van der Waals surface area contributed by atoms with Crippen LogP contribution in [-0.4, -0.2) is 7.05 Å². The van der Waals surface area contributed by atoms with Gasteiger partial charge in [-0.05, 0) is 60.7 Å². The molecule has 3 rings (SSSR count). The van der Waals surface area contributed by atoms with E-state index in [2.05, 4.69) is 79.6 Å². The second-order valence-electron chi connectivity index (χ2n) is 5.72. The molecule has 1 unspecified atom stereocenters. The average Bonchev–Trinajstić information content (AvgIpc) is 2.38. The highest BCUT2D eigenvalue weighted by atomic mass is 79.9. The van der Waals surface area contributed by atoms with Gasteiger partial charge in [-0.1, -0.05) is 62.5 Å². The van der Waals surface area contributed by atoms with Crippen molar-refractivity contribution in [1.82, 2.24) is 5.32 Å². The Kier molecular flexibility index (Phi) is 4.82. The van der Waals surface area contributed by atoms with Crippen molar-refractivity contribution in [2.24, 2.45) is 0 Å².